The van der Waals surface area contributed by atoms with Crippen LogP contribution < -0.4 is 14.5 Å². The average Bonchev–Trinajstić information content (AvgIpc) is 3.24. The highest BCUT2D eigenvalue weighted by Crippen LogP contribution is 2.33. The zero-order valence-electron chi connectivity index (χ0n) is 17.5. The average molecular weight is 429 g/mol. The number of ether oxygens (including phenoxy) is 3. The lowest BCUT2D eigenvalue weighted by atomic mass is 10.1. The van der Waals surface area contributed by atoms with Crippen LogP contribution in [-0.2, 0) is 9.53 Å². The molecule has 0 saturated heterocycles. The summed E-state index contributed by atoms with van der Waals surface area (Å²) in [5.74, 6) is 0.447. The van der Waals surface area contributed by atoms with Crippen molar-refractivity contribution in [3.8, 4) is 11.5 Å². The zero-order chi connectivity index (χ0) is 21.8. The number of aryl methyl sites for hydroxylation is 1. The van der Waals surface area contributed by atoms with Crippen LogP contribution in [0.2, 0.25) is 0 Å². The third-order valence-corrected chi connectivity index (χ3v) is 5.40. The molecule has 0 bridgehead atoms. The van der Waals surface area contributed by atoms with Crippen molar-refractivity contribution in [2.45, 2.75) is 27.7 Å². The maximum atomic E-state index is 13.0. The second-order valence-electron chi connectivity index (χ2n) is 6.34. The predicted octanol–water partition coefficient (Wildman–Crippen LogP) is 3.84. The number of amides is 1. The Hall–Kier alpha value is -3.20. The van der Waals surface area contributed by atoms with Crippen molar-refractivity contribution in [3.05, 3.63) is 39.9 Å². The first-order valence-corrected chi connectivity index (χ1v) is 10.3. The van der Waals surface area contributed by atoms with E-state index in [4.69, 9.17) is 14.2 Å². The summed E-state index contributed by atoms with van der Waals surface area (Å²) in [6.45, 7) is 7.88. The number of rotatable bonds is 7. The first-order valence-electron chi connectivity index (χ1n) is 9.46. The second-order valence-corrected chi connectivity index (χ2v) is 7.31. The summed E-state index contributed by atoms with van der Waals surface area (Å²) >= 11 is 1.08. The van der Waals surface area contributed by atoms with Gasteiger partial charge in [0, 0.05) is 0 Å². The van der Waals surface area contributed by atoms with Gasteiger partial charge in [0.15, 0.2) is 11.5 Å². The van der Waals surface area contributed by atoms with Gasteiger partial charge in [-0.15, -0.1) is 0 Å². The minimum absolute atomic E-state index is 0.268. The highest BCUT2D eigenvalue weighted by molar-refractivity contribution is 7.17. The third kappa shape index (κ3) is 4.20. The van der Waals surface area contributed by atoms with Gasteiger partial charge in [-0.3, -0.25) is 4.79 Å². The van der Waals surface area contributed by atoms with Gasteiger partial charge < -0.3 is 14.2 Å². The molecule has 1 amide bonds. The van der Waals surface area contributed by atoms with Crippen molar-refractivity contribution in [2.75, 3.05) is 25.3 Å². The van der Waals surface area contributed by atoms with Crippen LogP contribution in [0.25, 0.3) is 6.08 Å². The lowest BCUT2D eigenvalue weighted by Crippen LogP contribution is -2.21. The van der Waals surface area contributed by atoms with E-state index in [9.17, 15) is 9.59 Å². The molecule has 0 aliphatic carbocycles. The summed E-state index contributed by atoms with van der Waals surface area (Å²) in [6, 6.07) is 5.44. The first-order chi connectivity index (χ1) is 14.4. The number of esters is 1. The molecule has 8 nitrogen and oxygen atoms in total. The van der Waals surface area contributed by atoms with Crippen molar-refractivity contribution in [1.82, 2.24) is 4.98 Å². The molecule has 0 radical (unpaired) electrons. The number of anilines is 1. The lowest BCUT2D eigenvalue weighted by Gasteiger charge is -2.10. The summed E-state index contributed by atoms with van der Waals surface area (Å²) < 4.78 is 15.9. The number of aromatic nitrogens is 1. The van der Waals surface area contributed by atoms with Crippen LogP contribution in [0.5, 0.6) is 11.5 Å². The van der Waals surface area contributed by atoms with Crippen LogP contribution in [0.3, 0.4) is 0 Å². The van der Waals surface area contributed by atoms with E-state index in [2.05, 4.69) is 10.1 Å². The quantitative estimate of drug-likeness (QED) is 0.491. The monoisotopic (exact) mass is 429 g/mol. The van der Waals surface area contributed by atoms with E-state index in [0.717, 1.165) is 16.9 Å². The molecule has 30 heavy (non-hydrogen) atoms. The molecular weight excluding hydrogens is 406 g/mol. The van der Waals surface area contributed by atoms with Crippen LogP contribution in [0.4, 0.5) is 5.13 Å². The smallest absolute Gasteiger partial charge is 0.350 e. The van der Waals surface area contributed by atoms with Gasteiger partial charge in [0.2, 0.25) is 5.13 Å². The molecule has 2 heterocycles. The molecular formula is C21H23N3O5S. The SMILES string of the molecule is CCOC(=O)c1sc(N2N=C(C)/C(=C\c3ccc(OCC)c(OC)c3)C2=O)nc1C. The number of hydrogen-bond donors (Lipinski definition) is 0. The van der Waals surface area contributed by atoms with Gasteiger partial charge in [0.05, 0.1) is 37.3 Å². The van der Waals surface area contributed by atoms with Crippen molar-refractivity contribution in [2.24, 2.45) is 5.10 Å². The van der Waals surface area contributed by atoms with Crippen LogP contribution in [0.1, 0.15) is 41.7 Å². The number of hydrogen-bond acceptors (Lipinski definition) is 8. The van der Waals surface area contributed by atoms with Gasteiger partial charge in [-0.25, -0.2) is 9.78 Å². The van der Waals surface area contributed by atoms with E-state index in [1.54, 1.807) is 46.1 Å². The summed E-state index contributed by atoms with van der Waals surface area (Å²) in [7, 11) is 1.57. The molecule has 2 aromatic rings. The van der Waals surface area contributed by atoms with E-state index in [-0.39, 0.29) is 12.5 Å². The molecule has 1 aromatic carbocycles. The Kier molecular flexibility index (Phi) is 6.51. The fourth-order valence-corrected chi connectivity index (χ4v) is 3.80. The van der Waals surface area contributed by atoms with E-state index in [1.807, 2.05) is 13.0 Å². The molecule has 1 aliphatic heterocycles. The Labute approximate surface area is 178 Å². The van der Waals surface area contributed by atoms with E-state index >= 15 is 0 Å². The fourth-order valence-electron chi connectivity index (χ4n) is 2.89. The number of methoxy groups -OCH3 is 1. The van der Waals surface area contributed by atoms with Crippen molar-refractivity contribution in [1.29, 1.82) is 0 Å². The van der Waals surface area contributed by atoms with Crippen LogP contribution in [0, 0.1) is 6.92 Å². The molecule has 158 valence electrons. The molecule has 0 spiro atoms. The minimum Gasteiger partial charge on any atom is -0.493 e. The zero-order valence-corrected chi connectivity index (χ0v) is 18.3. The van der Waals surface area contributed by atoms with E-state index in [0.29, 0.717) is 45.1 Å². The Balaban J connectivity index is 1.89. The van der Waals surface area contributed by atoms with Gasteiger partial charge in [0.25, 0.3) is 5.91 Å². The summed E-state index contributed by atoms with van der Waals surface area (Å²) in [5, 5.41) is 5.88. The first kappa shape index (κ1) is 21.5. The molecule has 1 aliphatic rings. The summed E-state index contributed by atoms with van der Waals surface area (Å²) in [5.41, 5.74) is 2.27. The predicted molar refractivity (Wildman–Crippen MR) is 116 cm³/mol. The fraction of sp³-hybridized carbons (Fsp3) is 0.333. The van der Waals surface area contributed by atoms with Gasteiger partial charge >= 0.3 is 5.97 Å². The topological polar surface area (TPSA) is 90.3 Å². The Bertz CT molecular complexity index is 1040. The van der Waals surface area contributed by atoms with Gasteiger partial charge in [-0.1, -0.05) is 17.4 Å². The lowest BCUT2D eigenvalue weighted by molar-refractivity contribution is -0.114. The van der Waals surface area contributed by atoms with E-state index < -0.39 is 5.97 Å². The number of carbonyl (C=O) groups excluding carboxylic acids is 2. The number of hydrazone groups is 1. The molecule has 0 saturated carbocycles. The molecule has 1 aromatic heterocycles. The molecule has 0 fully saturated rings. The normalized spacial score (nSPS) is 14.8. The summed E-state index contributed by atoms with van der Waals surface area (Å²) in [4.78, 5) is 29.7. The number of benzene rings is 1. The number of carbonyl (C=O) groups is 2. The van der Waals surface area contributed by atoms with Crippen molar-refractivity contribution < 1.29 is 23.8 Å². The largest absolute Gasteiger partial charge is 0.493 e. The Morgan fingerprint density at radius 3 is 2.63 bits per heavy atom. The molecule has 0 atom stereocenters. The second kappa shape index (κ2) is 9.08. The third-order valence-electron chi connectivity index (χ3n) is 4.29. The van der Waals surface area contributed by atoms with E-state index in [1.165, 1.54) is 5.01 Å². The number of nitrogens with zero attached hydrogens (tertiary/aromatic N) is 3. The molecule has 9 heteroatoms. The van der Waals surface area contributed by atoms with Gasteiger partial charge in [-0.05, 0) is 51.5 Å². The van der Waals surface area contributed by atoms with Gasteiger partial charge in [0.1, 0.15) is 4.88 Å². The highest BCUT2D eigenvalue weighted by atomic mass is 32.1. The maximum absolute atomic E-state index is 13.0. The maximum Gasteiger partial charge on any atom is 0.350 e. The minimum atomic E-state index is -0.455. The molecule has 3 rings (SSSR count). The van der Waals surface area contributed by atoms with Gasteiger partial charge in [-0.2, -0.15) is 10.1 Å². The standard InChI is InChI=1S/C21H23N3O5S/c1-6-28-16-9-8-14(11-17(16)27-5)10-15-12(3)23-24(19(15)25)21-22-13(4)18(30-21)20(26)29-7-2/h8-11H,6-7H2,1-5H3/b15-10+. The highest BCUT2D eigenvalue weighted by Gasteiger charge is 2.32. The van der Waals surface area contributed by atoms with Crippen molar-refractivity contribution in [3.63, 3.8) is 0 Å². The van der Waals surface area contributed by atoms with Crippen LogP contribution in [0.15, 0.2) is 28.9 Å². The van der Waals surface area contributed by atoms with Crippen LogP contribution in [-0.4, -0.2) is 42.9 Å². The number of thiazole rings is 1. The molecule has 0 unspecified atom stereocenters. The van der Waals surface area contributed by atoms with Crippen LogP contribution >= 0.6 is 11.3 Å². The summed E-state index contributed by atoms with van der Waals surface area (Å²) in [6.07, 6.45) is 1.74. The Morgan fingerprint density at radius 1 is 1.20 bits per heavy atom. The Morgan fingerprint density at radius 2 is 1.97 bits per heavy atom. The molecule has 0 N–H and O–H groups in total. The van der Waals surface area contributed by atoms with Crippen molar-refractivity contribution >= 4 is 40.1 Å².